The van der Waals surface area contributed by atoms with E-state index >= 15 is 0 Å². The van der Waals surface area contributed by atoms with Gasteiger partial charge >= 0.3 is 5.69 Å². The lowest BCUT2D eigenvalue weighted by molar-refractivity contribution is 1.03. The molecule has 0 unspecified atom stereocenters. The molecule has 0 atom stereocenters. The molecule has 3 heteroatoms. The number of nitrogens with one attached hydrogen (secondary N) is 1. The van der Waals surface area contributed by atoms with Crippen LogP contribution in [0.4, 0.5) is 0 Å². The second kappa shape index (κ2) is 4.31. The fourth-order valence-electron chi connectivity index (χ4n) is 1.64. The smallest absolute Gasteiger partial charge is 0.310 e. The molecule has 0 radical (unpaired) electrons. The summed E-state index contributed by atoms with van der Waals surface area (Å²) in [7, 11) is 0. The number of aromatic amines is 1. The number of rotatable bonds is 2. The van der Waals surface area contributed by atoms with Gasteiger partial charge in [0.25, 0.3) is 0 Å². The van der Waals surface area contributed by atoms with E-state index in [2.05, 4.69) is 29.0 Å². The van der Waals surface area contributed by atoms with Crippen molar-refractivity contribution in [2.45, 2.75) is 20.3 Å². The Kier molecular flexibility index (Phi) is 2.86. The second-order valence-electron chi connectivity index (χ2n) is 3.81. The molecule has 1 N–H and O–H groups in total. The van der Waals surface area contributed by atoms with E-state index in [0.717, 1.165) is 23.4 Å². The third kappa shape index (κ3) is 2.19. The molecule has 1 heterocycles. The minimum Gasteiger partial charge on any atom is -0.310 e. The van der Waals surface area contributed by atoms with Crippen LogP contribution in [0, 0.1) is 6.92 Å². The molecule has 2 rings (SSSR count). The number of aromatic nitrogens is 2. The van der Waals surface area contributed by atoms with Crippen LogP contribution in [0.2, 0.25) is 0 Å². The monoisotopic (exact) mass is 214 g/mol. The Morgan fingerprint density at radius 3 is 2.50 bits per heavy atom. The van der Waals surface area contributed by atoms with Crippen molar-refractivity contribution in [3.8, 4) is 11.3 Å². The average molecular weight is 214 g/mol. The van der Waals surface area contributed by atoms with Crippen LogP contribution >= 0.6 is 0 Å². The summed E-state index contributed by atoms with van der Waals surface area (Å²) in [6.45, 7) is 3.97. The first-order valence-electron chi connectivity index (χ1n) is 5.36. The highest BCUT2D eigenvalue weighted by Crippen LogP contribution is 2.16. The lowest BCUT2D eigenvalue weighted by atomic mass is 10.1. The molecule has 0 fully saturated rings. The summed E-state index contributed by atoms with van der Waals surface area (Å²) in [6.07, 6.45) is 1.02. The molecule has 2 aromatic rings. The average Bonchev–Trinajstić information content (AvgIpc) is 2.28. The van der Waals surface area contributed by atoms with Crippen molar-refractivity contribution in [3.05, 3.63) is 52.1 Å². The van der Waals surface area contributed by atoms with Crippen molar-refractivity contribution in [2.75, 3.05) is 0 Å². The number of H-pyrrole nitrogens is 1. The van der Waals surface area contributed by atoms with E-state index in [1.165, 1.54) is 5.56 Å². The van der Waals surface area contributed by atoms with Crippen molar-refractivity contribution in [3.63, 3.8) is 0 Å². The first-order valence-corrected chi connectivity index (χ1v) is 5.36. The van der Waals surface area contributed by atoms with Crippen LogP contribution in [0.15, 0.2) is 35.1 Å². The molecule has 0 bridgehead atoms. The molecule has 16 heavy (non-hydrogen) atoms. The minimum absolute atomic E-state index is 0.297. The van der Waals surface area contributed by atoms with Gasteiger partial charge in [0, 0.05) is 11.3 Å². The van der Waals surface area contributed by atoms with Gasteiger partial charge < -0.3 is 4.98 Å². The molecule has 82 valence electrons. The standard InChI is InChI=1S/C13H14N2O/c1-3-10-4-6-11(7-5-10)12-8-9(2)14-13(16)15-12/h4-8H,3H2,1-2H3,(H,14,15,16). The summed E-state index contributed by atoms with van der Waals surface area (Å²) in [5, 5.41) is 0. The van der Waals surface area contributed by atoms with E-state index in [1.807, 2.05) is 25.1 Å². The predicted octanol–water partition coefficient (Wildman–Crippen LogP) is 2.31. The number of aryl methyl sites for hydroxylation is 2. The molecule has 0 aliphatic carbocycles. The summed E-state index contributed by atoms with van der Waals surface area (Å²) in [4.78, 5) is 17.8. The maximum atomic E-state index is 11.2. The van der Waals surface area contributed by atoms with E-state index in [-0.39, 0.29) is 5.69 Å². The Morgan fingerprint density at radius 2 is 1.94 bits per heavy atom. The lowest BCUT2D eigenvalue weighted by Crippen LogP contribution is -2.11. The van der Waals surface area contributed by atoms with Crippen LogP contribution < -0.4 is 5.69 Å². The zero-order valence-electron chi connectivity index (χ0n) is 9.45. The molecular weight excluding hydrogens is 200 g/mol. The summed E-state index contributed by atoms with van der Waals surface area (Å²) in [5.41, 5.74) is 3.52. The van der Waals surface area contributed by atoms with Gasteiger partial charge in [0.1, 0.15) is 0 Å². The van der Waals surface area contributed by atoms with Crippen LogP contribution in [0.25, 0.3) is 11.3 Å². The van der Waals surface area contributed by atoms with E-state index < -0.39 is 0 Å². The van der Waals surface area contributed by atoms with Gasteiger partial charge in [-0.1, -0.05) is 31.2 Å². The topological polar surface area (TPSA) is 45.8 Å². The Balaban J connectivity index is 2.46. The summed E-state index contributed by atoms with van der Waals surface area (Å²) in [6, 6.07) is 10.0. The Hall–Kier alpha value is -1.90. The summed E-state index contributed by atoms with van der Waals surface area (Å²) in [5.74, 6) is 0. The molecule has 3 nitrogen and oxygen atoms in total. The quantitative estimate of drug-likeness (QED) is 0.833. The Labute approximate surface area is 94.2 Å². The molecule has 0 saturated heterocycles. The Bertz CT molecular complexity index is 541. The van der Waals surface area contributed by atoms with Gasteiger partial charge in [-0.3, -0.25) is 0 Å². The Morgan fingerprint density at radius 1 is 1.25 bits per heavy atom. The van der Waals surface area contributed by atoms with E-state index in [9.17, 15) is 4.79 Å². The van der Waals surface area contributed by atoms with Gasteiger partial charge in [0.15, 0.2) is 0 Å². The first kappa shape index (κ1) is 10.6. The summed E-state index contributed by atoms with van der Waals surface area (Å²) >= 11 is 0. The van der Waals surface area contributed by atoms with Gasteiger partial charge in [-0.2, -0.15) is 4.98 Å². The second-order valence-corrected chi connectivity index (χ2v) is 3.81. The fourth-order valence-corrected chi connectivity index (χ4v) is 1.64. The van der Waals surface area contributed by atoms with Gasteiger partial charge in [-0.05, 0) is 25.0 Å². The third-order valence-electron chi connectivity index (χ3n) is 2.54. The highest BCUT2D eigenvalue weighted by molar-refractivity contribution is 5.59. The molecule has 1 aromatic carbocycles. The van der Waals surface area contributed by atoms with Crippen molar-refractivity contribution in [1.82, 2.24) is 9.97 Å². The molecule has 0 amide bonds. The van der Waals surface area contributed by atoms with Crippen molar-refractivity contribution in [2.24, 2.45) is 0 Å². The largest absolute Gasteiger partial charge is 0.345 e. The summed E-state index contributed by atoms with van der Waals surface area (Å²) < 4.78 is 0. The van der Waals surface area contributed by atoms with Crippen molar-refractivity contribution >= 4 is 0 Å². The van der Waals surface area contributed by atoms with E-state index in [1.54, 1.807) is 0 Å². The number of hydrogen-bond donors (Lipinski definition) is 1. The van der Waals surface area contributed by atoms with E-state index in [0.29, 0.717) is 0 Å². The van der Waals surface area contributed by atoms with Gasteiger partial charge in [0.05, 0.1) is 5.69 Å². The van der Waals surface area contributed by atoms with Gasteiger partial charge in [-0.15, -0.1) is 0 Å². The molecule has 0 aliphatic heterocycles. The van der Waals surface area contributed by atoms with Crippen LogP contribution in [0.1, 0.15) is 18.2 Å². The normalized spacial score (nSPS) is 10.4. The molecule has 0 saturated carbocycles. The van der Waals surface area contributed by atoms with E-state index in [4.69, 9.17) is 0 Å². The number of hydrogen-bond acceptors (Lipinski definition) is 2. The molecule has 1 aromatic heterocycles. The van der Waals surface area contributed by atoms with Crippen molar-refractivity contribution < 1.29 is 0 Å². The molecule has 0 aliphatic rings. The van der Waals surface area contributed by atoms with Crippen LogP contribution in [0.3, 0.4) is 0 Å². The van der Waals surface area contributed by atoms with Crippen LogP contribution in [-0.2, 0) is 6.42 Å². The molecular formula is C13H14N2O. The van der Waals surface area contributed by atoms with Crippen LogP contribution in [0.5, 0.6) is 0 Å². The SMILES string of the molecule is CCc1ccc(-c2cc(C)[nH]c(=O)n2)cc1. The maximum Gasteiger partial charge on any atom is 0.345 e. The lowest BCUT2D eigenvalue weighted by Gasteiger charge is -2.02. The maximum absolute atomic E-state index is 11.2. The zero-order chi connectivity index (χ0) is 11.5. The minimum atomic E-state index is -0.297. The van der Waals surface area contributed by atoms with Gasteiger partial charge in [0.2, 0.25) is 0 Å². The third-order valence-corrected chi connectivity index (χ3v) is 2.54. The predicted molar refractivity (Wildman–Crippen MR) is 64.4 cm³/mol. The highest BCUT2D eigenvalue weighted by Gasteiger charge is 2.01. The highest BCUT2D eigenvalue weighted by atomic mass is 16.1. The van der Waals surface area contributed by atoms with Crippen LogP contribution in [-0.4, -0.2) is 9.97 Å². The first-order chi connectivity index (χ1) is 7.69. The van der Waals surface area contributed by atoms with Crippen molar-refractivity contribution in [1.29, 1.82) is 0 Å². The zero-order valence-corrected chi connectivity index (χ0v) is 9.45. The number of benzene rings is 1. The molecule has 0 spiro atoms. The van der Waals surface area contributed by atoms with Gasteiger partial charge in [-0.25, -0.2) is 4.79 Å². The fraction of sp³-hybridized carbons (Fsp3) is 0.231. The number of nitrogens with zero attached hydrogens (tertiary/aromatic N) is 1.